The van der Waals surface area contributed by atoms with Gasteiger partial charge in [-0.3, -0.25) is 0 Å². The van der Waals surface area contributed by atoms with E-state index in [0.717, 1.165) is 23.6 Å². The van der Waals surface area contributed by atoms with Crippen molar-refractivity contribution in [1.82, 2.24) is 9.90 Å². The lowest BCUT2D eigenvalue weighted by Gasteiger charge is -2.22. The molecule has 35 heavy (non-hydrogen) atoms. The van der Waals surface area contributed by atoms with Gasteiger partial charge in [-0.05, 0) is 25.7 Å². The molecule has 0 saturated heterocycles. The predicted molar refractivity (Wildman–Crippen MR) is 118 cm³/mol. The molecule has 0 amide bonds. The number of hydrogen-bond donors (Lipinski definition) is 0. The summed E-state index contributed by atoms with van der Waals surface area (Å²) in [5.41, 5.74) is -9.60. The van der Waals surface area contributed by atoms with Gasteiger partial charge in [0, 0.05) is 13.3 Å². The zero-order chi connectivity index (χ0) is 27.5. The van der Waals surface area contributed by atoms with E-state index in [1.165, 1.54) is 62.8 Å². The van der Waals surface area contributed by atoms with Gasteiger partial charge in [0.25, 0.3) is 0 Å². The number of aromatic nitrogens is 3. The average molecular weight is 561 g/mol. The van der Waals surface area contributed by atoms with Crippen LogP contribution in [0.2, 0.25) is 0 Å². The molecule has 208 valence electrons. The standard InChI is InChI=1S/C17H34N3.C2F6NO4S2/c1-5-8-10-12-14-19-16(4)17(7-3)20(18-19)15-13-11-9-6-2;3-1(4,5)14(10,11)9-15(12,13)2(6,7)8/h5-15H2,1-4H3;/q+1;-1. The third-order valence-corrected chi connectivity index (χ3v) is 7.64. The number of sulfonamides is 2. The Hall–Kier alpha value is -1.42. The molecule has 1 aromatic rings. The zero-order valence-corrected chi connectivity index (χ0v) is 21.9. The molecule has 8 nitrogen and oxygen atoms in total. The summed E-state index contributed by atoms with van der Waals surface area (Å²) in [7, 11) is -13.4. The van der Waals surface area contributed by atoms with Crippen molar-refractivity contribution in [2.24, 2.45) is 0 Å². The minimum absolute atomic E-state index is 0.778. The minimum atomic E-state index is -6.72. The van der Waals surface area contributed by atoms with Crippen LogP contribution in [0.1, 0.15) is 83.5 Å². The van der Waals surface area contributed by atoms with Crippen LogP contribution in [0, 0.1) is 6.92 Å². The molecule has 0 radical (unpaired) electrons. The Morgan fingerprint density at radius 2 is 1.26 bits per heavy atom. The third-order valence-electron chi connectivity index (χ3n) is 4.90. The highest BCUT2D eigenvalue weighted by atomic mass is 32.3. The van der Waals surface area contributed by atoms with E-state index < -0.39 is 31.1 Å². The molecule has 0 aliphatic rings. The fraction of sp³-hybridized carbons (Fsp3) is 0.895. The van der Waals surface area contributed by atoms with E-state index in [1.54, 1.807) is 0 Å². The molecule has 0 unspecified atom stereocenters. The molecule has 0 fully saturated rings. The number of unbranched alkanes of at least 4 members (excludes halogenated alkanes) is 6. The molecule has 1 rings (SSSR count). The molecular formula is C19H34F6N4O4S2. The summed E-state index contributed by atoms with van der Waals surface area (Å²) in [5, 5.41) is 4.81. The first-order valence-electron chi connectivity index (χ1n) is 11.3. The summed E-state index contributed by atoms with van der Waals surface area (Å²) in [6, 6.07) is 0. The van der Waals surface area contributed by atoms with Gasteiger partial charge < -0.3 is 4.13 Å². The van der Waals surface area contributed by atoms with Crippen molar-refractivity contribution in [2.45, 2.75) is 110 Å². The molecule has 1 heterocycles. The quantitative estimate of drug-likeness (QED) is 0.186. The molecule has 0 N–H and O–H groups in total. The fourth-order valence-electron chi connectivity index (χ4n) is 3.01. The largest absolute Gasteiger partial charge is 0.480 e. The fourth-order valence-corrected chi connectivity index (χ4v) is 4.72. The number of nitrogens with zero attached hydrogens (tertiary/aromatic N) is 4. The van der Waals surface area contributed by atoms with Crippen LogP contribution in [-0.2, 0) is 39.6 Å². The van der Waals surface area contributed by atoms with Crippen LogP contribution in [0.15, 0.2) is 0 Å². The van der Waals surface area contributed by atoms with Crippen LogP contribution in [0.4, 0.5) is 26.3 Å². The zero-order valence-electron chi connectivity index (χ0n) is 20.3. The minimum Gasteiger partial charge on any atom is -0.421 e. The molecule has 0 aromatic carbocycles. The monoisotopic (exact) mass is 560 g/mol. The highest BCUT2D eigenvalue weighted by Crippen LogP contribution is 2.36. The molecular weight excluding hydrogens is 526 g/mol. The highest BCUT2D eigenvalue weighted by Gasteiger charge is 2.46. The molecule has 0 spiro atoms. The van der Waals surface area contributed by atoms with E-state index in [4.69, 9.17) is 5.21 Å². The van der Waals surface area contributed by atoms with Crippen LogP contribution in [-0.4, -0.2) is 37.7 Å². The Bertz CT molecular complexity index is 933. The first-order chi connectivity index (χ1) is 15.9. The Balaban J connectivity index is 0.000000691. The molecule has 1 aromatic heterocycles. The smallest absolute Gasteiger partial charge is 0.421 e. The number of halogens is 6. The van der Waals surface area contributed by atoms with E-state index in [9.17, 15) is 43.2 Å². The maximum absolute atomic E-state index is 11.4. The van der Waals surface area contributed by atoms with E-state index in [1.807, 2.05) is 0 Å². The van der Waals surface area contributed by atoms with E-state index in [2.05, 4.69) is 37.1 Å². The van der Waals surface area contributed by atoms with E-state index in [-0.39, 0.29) is 0 Å². The van der Waals surface area contributed by atoms with Gasteiger partial charge in [0.15, 0.2) is 31.4 Å². The number of hydrogen-bond acceptors (Lipinski definition) is 5. The van der Waals surface area contributed by atoms with Crippen LogP contribution in [0.3, 0.4) is 0 Å². The number of aryl methyl sites for hydroxylation is 2. The van der Waals surface area contributed by atoms with Crippen LogP contribution in [0.25, 0.3) is 4.13 Å². The van der Waals surface area contributed by atoms with E-state index in [0.29, 0.717) is 0 Å². The lowest BCUT2D eigenvalue weighted by Crippen LogP contribution is -2.40. The van der Waals surface area contributed by atoms with Crippen molar-refractivity contribution in [3.05, 3.63) is 15.5 Å². The Kier molecular flexibility index (Phi) is 13.8. The summed E-state index contributed by atoms with van der Waals surface area (Å²) in [5.74, 6) is 0. The Morgan fingerprint density at radius 3 is 1.66 bits per heavy atom. The molecule has 16 heteroatoms. The normalized spacial score (nSPS) is 13.0. The molecule has 0 aliphatic carbocycles. The van der Waals surface area contributed by atoms with Gasteiger partial charge in [-0.2, -0.15) is 26.3 Å². The summed E-state index contributed by atoms with van der Waals surface area (Å²) >= 11 is 0. The van der Waals surface area contributed by atoms with Crippen molar-refractivity contribution >= 4 is 20.0 Å². The second-order valence-electron chi connectivity index (χ2n) is 7.76. The van der Waals surface area contributed by atoms with Gasteiger partial charge in [-0.25, -0.2) is 16.8 Å². The van der Waals surface area contributed by atoms with Crippen LogP contribution < -0.4 is 4.68 Å². The van der Waals surface area contributed by atoms with Gasteiger partial charge in [-0.1, -0.05) is 46.5 Å². The topological polar surface area (TPSA) is 104 Å². The summed E-state index contributed by atoms with van der Waals surface area (Å²) < 4.78 is 114. The maximum atomic E-state index is 11.4. The number of alkyl halides is 6. The maximum Gasteiger partial charge on any atom is 0.480 e. The molecule has 0 saturated carbocycles. The summed E-state index contributed by atoms with van der Waals surface area (Å²) in [6.45, 7) is 11.2. The van der Waals surface area contributed by atoms with Crippen molar-refractivity contribution in [1.29, 1.82) is 0 Å². The van der Waals surface area contributed by atoms with Crippen molar-refractivity contribution in [3.8, 4) is 0 Å². The Labute approximate surface area is 203 Å². The predicted octanol–water partition coefficient (Wildman–Crippen LogP) is 5.26. The van der Waals surface area contributed by atoms with Gasteiger partial charge >= 0.3 is 11.0 Å². The van der Waals surface area contributed by atoms with E-state index >= 15 is 0 Å². The lowest BCUT2D eigenvalue weighted by atomic mass is 10.2. The van der Waals surface area contributed by atoms with Gasteiger partial charge in [0.2, 0.25) is 0 Å². The second-order valence-corrected chi connectivity index (χ2v) is 11.2. The van der Waals surface area contributed by atoms with Crippen LogP contribution >= 0.6 is 0 Å². The van der Waals surface area contributed by atoms with Crippen LogP contribution in [0.5, 0.6) is 0 Å². The molecule has 0 aliphatic heterocycles. The Morgan fingerprint density at radius 1 is 0.800 bits per heavy atom. The van der Waals surface area contributed by atoms with Crippen molar-refractivity contribution in [3.63, 3.8) is 0 Å². The first-order valence-corrected chi connectivity index (χ1v) is 14.2. The highest BCUT2D eigenvalue weighted by molar-refractivity contribution is 8.13. The third kappa shape index (κ3) is 11.0. The SMILES string of the molecule is CCCCCCn1n[n+](CCCCCC)c(CC)c1C.O=S(=O)([N-]S(=O)(=O)C(F)(F)F)C(F)(F)F. The number of rotatable bonds is 13. The molecule has 0 atom stereocenters. The van der Waals surface area contributed by atoms with Crippen molar-refractivity contribution in [2.75, 3.05) is 0 Å². The molecule has 0 bridgehead atoms. The van der Waals surface area contributed by atoms with Gasteiger partial charge in [0.05, 0.1) is 5.21 Å². The summed E-state index contributed by atoms with van der Waals surface area (Å²) in [6.07, 6.45) is 11.6. The van der Waals surface area contributed by atoms with Crippen molar-refractivity contribution < 1.29 is 47.9 Å². The summed E-state index contributed by atoms with van der Waals surface area (Å²) in [4.78, 5) is 0. The average Bonchev–Trinajstić information content (AvgIpc) is 3.01. The lowest BCUT2D eigenvalue weighted by molar-refractivity contribution is -0.761. The first kappa shape index (κ1) is 33.6. The van der Waals surface area contributed by atoms with Gasteiger partial charge in [0.1, 0.15) is 13.1 Å². The van der Waals surface area contributed by atoms with Gasteiger partial charge in [-0.15, -0.1) is 9.36 Å². The second kappa shape index (κ2) is 14.4.